The third-order valence-electron chi connectivity index (χ3n) is 8.73. The van der Waals surface area contributed by atoms with E-state index in [1.54, 1.807) is 6.07 Å². The fourth-order valence-electron chi connectivity index (χ4n) is 6.64. The molecule has 2 heterocycles. The number of carboxylic acid groups (broad SMARTS) is 1. The highest BCUT2D eigenvalue weighted by Crippen LogP contribution is 2.40. The lowest BCUT2D eigenvalue weighted by Crippen LogP contribution is -2.56. The molecule has 1 aliphatic carbocycles. The number of halogens is 3. The quantitative estimate of drug-likeness (QED) is 0.394. The van der Waals surface area contributed by atoms with Crippen molar-refractivity contribution in [3.05, 3.63) is 76.2 Å². The van der Waals surface area contributed by atoms with Gasteiger partial charge in [0.2, 0.25) is 0 Å². The number of methoxy groups -OCH3 is 2. The number of benzene rings is 2. The van der Waals surface area contributed by atoms with E-state index in [-0.39, 0.29) is 41.7 Å². The second-order valence-corrected chi connectivity index (χ2v) is 11.3. The van der Waals surface area contributed by atoms with E-state index < -0.39 is 41.3 Å². The van der Waals surface area contributed by atoms with Gasteiger partial charge in [0.25, 0.3) is 0 Å². The lowest BCUT2D eigenvalue weighted by Gasteiger charge is -2.37. The molecule has 0 bridgehead atoms. The molecule has 5 rings (SSSR count). The average Bonchev–Trinajstić information content (AvgIpc) is 3.46. The summed E-state index contributed by atoms with van der Waals surface area (Å²) in [5.74, 6) is -3.38. The van der Waals surface area contributed by atoms with Crippen molar-refractivity contribution in [1.29, 1.82) is 0 Å². The molecular weight excluding hydrogens is 581 g/mol. The molecule has 236 valence electrons. The Kier molecular flexibility index (Phi) is 9.45. The van der Waals surface area contributed by atoms with Crippen molar-refractivity contribution < 1.29 is 42.1 Å². The number of carbonyl (C=O) groups is 3. The van der Waals surface area contributed by atoms with Crippen LogP contribution in [-0.4, -0.2) is 78.9 Å². The summed E-state index contributed by atoms with van der Waals surface area (Å²) in [4.78, 5) is 42.1. The first-order valence-corrected chi connectivity index (χ1v) is 14.5. The highest BCUT2D eigenvalue weighted by Gasteiger charge is 2.44. The van der Waals surface area contributed by atoms with Crippen LogP contribution in [0.4, 0.5) is 22.8 Å². The van der Waals surface area contributed by atoms with Crippen molar-refractivity contribution in [1.82, 2.24) is 20.4 Å². The number of nitrogens with one attached hydrogen (secondary N) is 2. The Labute approximate surface area is 252 Å². The Morgan fingerprint density at radius 3 is 2.43 bits per heavy atom. The summed E-state index contributed by atoms with van der Waals surface area (Å²) in [6.45, 7) is 0.969. The van der Waals surface area contributed by atoms with E-state index in [0.29, 0.717) is 23.6 Å². The summed E-state index contributed by atoms with van der Waals surface area (Å²) in [5, 5.41) is 15.3. The third kappa shape index (κ3) is 6.39. The van der Waals surface area contributed by atoms with E-state index in [2.05, 4.69) is 15.5 Å². The highest BCUT2D eigenvalue weighted by atomic mass is 19.2. The zero-order valence-electron chi connectivity index (χ0n) is 24.4. The first kappa shape index (κ1) is 31.3. The predicted molar refractivity (Wildman–Crippen MR) is 152 cm³/mol. The Morgan fingerprint density at radius 2 is 1.77 bits per heavy atom. The molecule has 0 radical (unpaired) electrons. The average molecular weight is 617 g/mol. The van der Waals surface area contributed by atoms with Crippen LogP contribution in [0, 0.1) is 17.5 Å². The van der Waals surface area contributed by atoms with Gasteiger partial charge in [0, 0.05) is 38.3 Å². The summed E-state index contributed by atoms with van der Waals surface area (Å²) in [5.41, 5.74) is 0.431. The molecule has 1 saturated carbocycles. The largest absolute Gasteiger partial charge is 0.496 e. The van der Waals surface area contributed by atoms with Crippen molar-refractivity contribution in [2.45, 2.75) is 56.1 Å². The highest BCUT2D eigenvalue weighted by molar-refractivity contribution is 6.01. The van der Waals surface area contributed by atoms with Crippen molar-refractivity contribution in [3.8, 4) is 5.75 Å². The molecule has 0 aromatic heterocycles. The number of hydrogen-bond acceptors (Lipinski definition) is 6. The molecule has 13 heteroatoms. The van der Waals surface area contributed by atoms with Crippen LogP contribution in [0.15, 0.2) is 47.7 Å². The minimum Gasteiger partial charge on any atom is -0.496 e. The molecule has 2 fully saturated rings. The van der Waals surface area contributed by atoms with Gasteiger partial charge >= 0.3 is 18.0 Å². The van der Waals surface area contributed by atoms with Crippen molar-refractivity contribution >= 4 is 18.0 Å². The summed E-state index contributed by atoms with van der Waals surface area (Å²) in [7, 11) is 2.84. The Balaban J connectivity index is 1.28. The molecule has 10 nitrogen and oxygen atoms in total. The molecule has 2 aromatic rings. The van der Waals surface area contributed by atoms with E-state index in [1.165, 1.54) is 26.4 Å². The van der Waals surface area contributed by atoms with Crippen LogP contribution < -0.4 is 15.4 Å². The number of urea groups is 2. The van der Waals surface area contributed by atoms with Gasteiger partial charge in [-0.3, -0.25) is 4.90 Å². The van der Waals surface area contributed by atoms with E-state index in [4.69, 9.17) is 9.47 Å². The van der Waals surface area contributed by atoms with Crippen LogP contribution in [0.25, 0.3) is 0 Å². The molecule has 2 atom stereocenters. The summed E-state index contributed by atoms with van der Waals surface area (Å²) in [6, 6.07) is 4.04. The van der Waals surface area contributed by atoms with Gasteiger partial charge in [-0.25, -0.2) is 32.5 Å². The normalized spacial score (nSPS) is 24.3. The first-order chi connectivity index (χ1) is 21.1. The lowest BCUT2D eigenvalue weighted by molar-refractivity contribution is -0.133. The van der Waals surface area contributed by atoms with Crippen molar-refractivity contribution in [2.24, 2.45) is 0 Å². The van der Waals surface area contributed by atoms with Gasteiger partial charge in [0.05, 0.1) is 25.0 Å². The van der Waals surface area contributed by atoms with Gasteiger partial charge in [-0.2, -0.15) is 0 Å². The van der Waals surface area contributed by atoms with Crippen molar-refractivity contribution in [3.63, 3.8) is 0 Å². The Hall–Kier alpha value is -4.10. The molecule has 3 N–H and O–H groups in total. The number of carboxylic acids is 1. The predicted octanol–water partition coefficient (Wildman–Crippen LogP) is 4.67. The maximum atomic E-state index is 14.2. The van der Waals surface area contributed by atoms with Crippen LogP contribution in [0.5, 0.6) is 5.75 Å². The fraction of sp³-hybridized carbons (Fsp3) is 0.452. The molecule has 4 amide bonds. The van der Waals surface area contributed by atoms with Gasteiger partial charge in [0.15, 0.2) is 11.6 Å². The number of aliphatic carboxylic acids is 1. The van der Waals surface area contributed by atoms with Crippen LogP contribution in [0.3, 0.4) is 0 Å². The molecular formula is C31H35F3N4O6. The van der Waals surface area contributed by atoms with Crippen molar-refractivity contribution in [2.75, 3.05) is 33.9 Å². The SMILES string of the molecule is COCC1=C(C(=O)O)C(c2ccc(F)c(F)c2)N(C(=O)N[C@@H]2CCN(C3CCC(c4ccc(F)cc4OC)CC3)C2)C(=O)N1. The number of amides is 4. The van der Waals surface area contributed by atoms with E-state index in [9.17, 15) is 32.7 Å². The van der Waals surface area contributed by atoms with Crippen LogP contribution in [0.1, 0.15) is 55.2 Å². The van der Waals surface area contributed by atoms with Crippen LogP contribution in [-0.2, 0) is 9.53 Å². The van der Waals surface area contributed by atoms with E-state index in [0.717, 1.165) is 56.0 Å². The second-order valence-electron chi connectivity index (χ2n) is 11.3. The number of ether oxygens (including phenoxy) is 2. The smallest absolute Gasteiger partial charge is 0.335 e. The zero-order valence-corrected chi connectivity index (χ0v) is 24.4. The monoisotopic (exact) mass is 616 g/mol. The van der Waals surface area contributed by atoms with E-state index >= 15 is 0 Å². The van der Waals surface area contributed by atoms with Gasteiger partial charge in [-0.1, -0.05) is 12.1 Å². The number of carbonyl (C=O) groups excluding carboxylic acids is 2. The summed E-state index contributed by atoms with van der Waals surface area (Å²) in [6.07, 6.45) is 4.23. The van der Waals surface area contributed by atoms with Gasteiger partial charge in [-0.05, 0) is 67.3 Å². The minimum atomic E-state index is -1.53. The number of likely N-dealkylation sites (tertiary alicyclic amines) is 1. The standard InChI is InChI=1S/C31H35F3N4O6/c1-43-16-25-27(29(39)40)28(18-5-10-23(33)24(34)13-18)38(31(42)36-25)30(41)35-20-11-12-37(15-20)21-7-3-17(4-8-21)22-9-6-19(32)14-26(22)44-2/h5-6,9-10,13-14,17,20-21,28H,3-4,7-8,11-12,15-16H2,1-2H3,(H,35,41)(H,36,42)(H,39,40)/t17?,20-,21?,28?/m1/s1. The molecule has 0 spiro atoms. The van der Waals surface area contributed by atoms with Gasteiger partial charge in [0.1, 0.15) is 17.6 Å². The van der Waals surface area contributed by atoms with Gasteiger partial charge in [-0.15, -0.1) is 0 Å². The third-order valence-corrected chi connectivity index (χ3v) is 8.73. The maximum absolute atomic E-state index is 14.2. The molecule has 44 heavy (non-hydrogen) atoms. The molecule has 1 unspecified atom stereocenters. The number of rotatable bonds is 8. The Morgan fingerprint density at radius 1 is 1.02 bits per heavy atom. The van der Waals surface area contributed by atoms with Crippen LogP contribution in [0.2, 0.25) is 0 Å². The number of nitrogens with zero attached hydrogens (tertiary/aromatic N) is 2. The summed E-state index contributed by atoms with van der Waals surface area (Å²) >= 11 is 0. The van der Waals surface area contributed by atoms with E-state index in [1.807, 2.05) is 0 Å². The van der Waals surface area contributed by atoms with Crippen LogP contribution >= 0.6 is 0 Å². The van der Waals surface area contributed by atoms with Gasteiger partial charge < -0.3 is 25.2 Å². The second kappa shape index (κ2) is 13.3. The first-order valence-electron chi connectivity index (χ1n) is 14.5. The maximum Gasteiger partial charge on any atom is 0.335 e. The summed E-state index contributed by atoms with van der Waals surface area (Å²) < 4.78 is 52.1. The zero-order chi connectivity index (χ0) is 31.5. The number of hydrogen-bond donors (Lipinski definition) is 3. The molecule has 1 saturated heterocycles. The topological polar surface area (TPSA) is 120 Å². The number of imide groups is 1. The molecule has 2 aliphatic heterocycles. The molecule has 2 aromatic carbocycles. The minimum absolute atomic E-state index is 0.0810. The molecule has 3 aliphatic rings. The Bertz CT molecular complexity index is 1460. The lowest BCUT2D eigenvalue weighted by atomic mass is 9.81. The fourth-order valence-corrected chi connectivity index (χ4v) is 6.64.